The number of hydrogen-bond acceptors (Lipinski definition) is 5. The quantitative estimate of drug-likeness (QED) is 0.218. The van der Waals surface area contributed by atoms with Crippen molar-refractivity contribution < 1.29 is 28.2 Å². The molecule has 8 heteroatoms. The third-order valence-corrected chi connectivity index (χ3v) is 6.57. The van der Waals surface area contributed by atoms with Gasteiger partial charge >= 0.3 is 0 Å². The van der Waals surface area contributed by atoms with E-state index < -0.39 is 17.1 Å². The molecule has 1 aliphatic rings. The lowest BCUT2D eigenvalue weighted by Crippen LogP contribution is -2.35. The van der Waals surface area contributed by atoms with Gasteiger partial charge in [0.05, 0.1) is 13.2 Å². The van der Waals surface area contributed by atoms with Gasteiger partial charge in [0.2, 0.25) is 11.8 Å². The second kappa shape index (κ2) is 11.0. The maximum absolute atomic E-state index is 13.1. The van der Waals surface area contributed by atoms with Gasteiger partial charge in [-0.1, -0.05) is 12.1 Å². The number of carbonyl (C=O) groups excluding carboxylic acids is 2. The van der Waals surface area contributed by atoms with Crippen molar-refractivity contribution in [3.05, 3.63) is 84.7 Å². The van der Waals surface area contributed by atoms with Crippen LogP contribution in [0.5, 0.6) is 23.0 Å². The number of anilines is 2. The molecular formula is C31H29FN2O5. The van der Waals surface area contributed by atoms with Crippen LogP contribution in [0, 0.1) is 11.2 Å². The third-order valence-electron chi connectivity index (χ3n) is 6.57. The lowest BCUT2D eigenvalue weighted by Gasteiger charge is -2.16. The second-order valence-corrected chi connectivity index (χ2v) is 9.27. The first-order chi connectivity index (χ1) is 18.9. The Bertz CT molecular complexity index is 1500. The number of nitrogens with one attached hydrogen (secondary N) is 2. The van der Waals surface area contributed by atoms with E-state index in [4.69, 9.17) is 14.2 Å². The predicted molar refractivity (Wildman–Crippen MR) is 148 cm³/mol. The van der Waals surface area contributed by atoms with Crippen molar-refractivity contribution in [1.82, 2.24) is 0 Å². The lowest BCUT2D eigenvalue weighted by atomic mass is 10.0. The molecule has 0 aliphatic heterocycles. The molecule has 0 aromatic heterocycles. The predicted octanol–water partition coefficient (Wildman–Crippen LogP) is 6.93. The van der Waals surface area contributed by atoms with Gasteiger partial charge in [-0.2, -0.15) is 0 Å². The highest BCUT2D eigenvalue weighted by atomic mass is 19.1. The van der Waals surface area contributed by atoms with E-state index in [1.54, 1.807) is 24.3 Å². The van der Waals surface area contributed by atoms with Crippen LogP contribution in [-0.2, 0) is 9.59 Å². The number of amides is 2. The summed E-state index contributed by atoms with van der Waals surface area (Å²) in [5.41, 5.74) is -0.144. The molecule has 0 radical (unpaired) electrons. The van der Waals surface area contributed by atoms with Gasteiger partial charge in [-0.3, -0.25) is 9.59 Å². The Balaban J connectivity index is 1.27. The van der Waals surface area contributed by atoms with Gasteiger partial charge in [0.15, 0.2) is 11.5 Å². The van der Waals surface area contributed by atoms with Gasteiger partial charge in [-0.05, 0) is 98.8 Å². The van der Waals surface area contributed by atoms with Crippen LogP contribution < -0.4 is 24.8 Å². The molecule has 0 unspecified atom stereocenters. The summed E-state index contributed by atoms with van der Waals surface area (Å²) in [6.07, 6.45) is 0.895. The summed E-state index contributed by atoms with van der Waals surface area (Å²) in [7, 11) is 0. The average Bonchev–Trinajstić information content (AvgIpc) is 3.75. The normalized spacial score (nSPS) is 13.4. The van der Waals surface area contributed by atoms with Crippen molar-refractivity contribution in [3.63, 3.8) is 0 Å². The number of carbonyl (C=O) groups is 2. The zero-order valence-electron chi connectivity index (χ0n) is 21.8. The van der Waals surface area contributed by atoms with Gasteiger partial charge in [0.25, 0.3) is 0 Å². The van der Waals surface area contributed by atoms with E-state index in [9.17, 15) is 14.0 Å². The monoisotopic (exact) mass is 528 g/mol. The largest absolute Gasteiger partial charge is 0.490 e. The summed E-state index contributed by atoms with van der Waals surface area (Å²) in [6, 6.07) is 22.0. The fraction of sp³-hybridized carbons (Fsp3) is 0.226. The summed E-state index contributed by atoms with van der Waals surface area (Å²) < 4.78 is 30.8. The van der Waals surface area contributed by atoms with Crippen LogP contribution in [0.25, 0.3) is 10.8 Å². The molecule has 1 fully saturated rings. The van der Waals surface area contributed by atoms with E-state index in [0.717, 1.165) is 10.8 Å². The maximum atomic E-state index is 13.1. The number of hydrogen-bond donors (Lipinski definition) is 2. The summed E-state index contributed by atoms with van der Waals surface area (Å²) in [5, 5.41) is 7.38. The van der Waals surface area contributed by atoms with Gasteiger partial charge < -0.3 is 24.8 Å². The van der Waals surface area contributed by atoms with Crippen LogP contribution in [0.3, 0.4) is 0 Å². The molecule has 5 rings (SSSR count). The molecule has 1 saturated carbocycles. The average molecular weight is 529 g/mol. The molecule has 0 saturated heterocycles. The molecule has 200 valence electrons. The number of fused-ring (bicyclic) bond motifs is 1. The van der Waals surface area contributed by atoms with E-state index in [-0.39, 0.29) is 5.91 Å². The fourth-order valence-corrected chi connectivity index (χ4v) is 4.33. The molecule has 2 amide bonds. The highest BCUT2D eigenvalue weighted by Crippen LogP contribution is 2.47. The molecule has 0 heterocycles. The summed E-state index contributed by atoms with van der Waals surface area (Å²) in [4.78, 5) is 25.8. The zero-order valence-corrected chi connectivity index (χ0v) is 21.8. The smallest absolute Gasteiger partial charge is 0.240 e. The maximum Gasteiger partial charge on any atom is 0.240 e. The molecule has 4 aromatic rings. The van der Waals surface area contributed by atoms with Gasteiger partial charge in [0, 0.05) is 16.8 Å². The first-order valence-corrected chi connectivity index (χ1v) is 12.9. The van der Waals surface area contributed by atoms with E-state index in [2.05, 4.69) is 10.6 Å². The van der Waals surface area contributed by atoms with Crippen LogP contribution >= 0.6 is 0 Å². The Morgan fingerprint density at radius 1 is 0.769 bits per heavy atom. The molecule has 1 aliphatic carbocycles. The van der Waals surface area contributed by atoms with E-state index >= 15 is 0 Å². The number of rotatable bonds is 10. The van der Waals surface area contributed by atoms with Crippen molar-refractivity contribution in [2.75, 3.05) is 23.8 Å². The van der Waals surface area contributed by atoms with E-state index in [0.29, 0.717) is 60.4 Å². The minimum Gasteiger partial charge on any atom is -0.490 e. The molecule has 0 bridgehead atoms. The molecule has 0 atom stereocenters. The van der Waals surface area contributed by atoms with Gasteiger partial charge in [0.1, 0.15) is 22.7 Å². The highest BCUT2D eigenvalue weighted by molar-refractivity contribution is 6.16. The van der Waals surface area contributed by atoms with Gasteiger partial charge in [-0.15, -0.1) is 0 Å². The Morgan fingerprint density at radius 3 is 1.90 bits per heavy atom. The minimum atomic E-state index is -1.13. The van der Waals surface area contributed by atoms with Crippen molar-refractivity contribution >= 4 is 34.0 Å². The summed E-state index contributed by atoms with van der Waals surface area (Å²) in [5.74, 6) is 1.40. The zero-order chi connectivity index (χ0) is 27.4. The number of ether oxygens (including phenoxy) is 3. The molecule has 7 nitrogen and oxygen atoms in total. The van der Waals surface area contributed by atoms with Crippen molar-refractivity contribution in [3.8, 4) is 23.0 Å². The lowest BCUT2D eigenvalue weighted by molar-refractivity contribution is -0.131. The van der Waals surface area contributed by atoms with Crippen molar-refractivity contribution in [2.24, 2.45) is 5.41 Å². The first kappa shape index (κ1) is 26.0. The fourth-order valence-electron chi connectivity index (χ4n) is 4.33. The topological polar surface area (TPSA) is 85.9 Å². The Kier molecular flexibility index (Phi) is 7.36. The first-order valence-electron chi connectivity index (χ1n) is 12.9. The van der Waals surface area contributed by atoms with Crippen molar-refractivity contribution in [1.29, 1.82) is 0 Å². The van der Waals surface area contributed by atoms with E-state index in [1.807, 2.05) is 44.2 Å². The third kappa shape index (κ3) is 5.65. The molecule has 0 spiro atoms. The van der Waals surface area contributed by atoms with Gasteiger partial charge in [-0.25, -0.2) is 4.39 Å². The number of halogens is 1. The summed E-state index contributed by atoms with van der Waals surface area (Å²) >= 11 is 0. The van der Waals surface area contributed by atoms with Crippen LogP contribution in [0.15, 0.2) is 78.9 Å². The van der Waals surface area contributed by atoms with Crippen molar-refractivity contribution in [2.45, 2.75) is 26.7 Å². The molecular weight excluding hydrogens is 499 g/mol. The van der Waals surface area contributed by atoms with Crippen LogP contribution in [0.1, 0.15) is 26.7 Å². The molecule has 4 aromatic carbocycles. The Hall–Kier alpha value is -4.59. The Morgan fingerprint density at radius 2 is 1.33 bits per heavy atom. The van der Waals surface area contributed by atoms with Crippen LogP contribution in [-0.4, -0.2) is 25.0 Å². The van der Waals surface area contributed by atoms with E-state index in [1.165, 1.54) is 24.3 Å². The highest BCUT2D eigenvalue weighted by Gasteiger charge is 2.56. The standard InChI is InChI=1S/C31H29FN2O5/c1-3-37-27-18-20-6-5-7-26(25(20)19-28(27)38-4-2)39-24-14-12-23(13-15-24)34-30(36)31(16-17-31)29(35)33-22-10-8-21(32)9-11-22/h5-15,18-19H,3-4,16-17H2,1-2H3,(H,33,35)(H,34,36). The Labute approximate surface area is 225 Å². The molecule has 39 heavy (non-hydrogen) atoms. The minimum absolute atomic E-state index is 0.376. The molecule has 2 N–H and O–H groups in total. The van der Waals surface area contributed by atoms with Crippen LogP contribution in [0.2, 0.25) is 0 Å². The second-order valence-electron chi connectivity index (χ2n) is 9.27. The SMILES string of the molecule is CCOc1cc2cccc(Oc3ccc(NC(=O)C4(C(=O)Nc5ccc(F)cc5)CC4)cc3)c2cc1OCC. The number of benzene rings is 4. The summed E-state index contributed by atoms with van der Waals surface area (Å²) in [6.45, 7) is 4.89. The van der Waals surface area contributed by atoms with Crippen LogP contribution in [0.4, 0.5) is 15.8 Å².